The van der Waals surface area contributed by atoms with Crippen LogP contribution >= 0.6 is 15.9 Å². The van der Waals surface area contributed by atoms with Gasteiger partial charge in [-0.15, -0.1) is 0 Å². The first-order valence-electron chi connectivity index (χ1n) is 5.10. The van der Waals surface area contributed by atoms with Crippen LogP contribution in [0.25, 0.3) is 0 Å². The Hall–Kier alpha value is -2.13. The minimum atomic E-state index is -0.236. The quantitative estimate of drug-likeness (QED) is 0.925. The number of carbonyl (C=O) groups excluding carboxylic acids is 1. The Morgan fingerprint density at radius 3 is 2.89 bits per heavy atom. The zero-order valence-electron chi connectivity index (χ0n) is 9.51. The van der Waals surface area contributed by atoms with E-state index >= 15 is 0 Å². The molecule has 1 N–H and O–H groups in total. The fourth-order valence-electron chi connectivity index (χ4n) is 1.43. The molecule has 1 aromatic carbocycles. The van der Waals surface area contributed by atoms with Gasteiger partial charge < -0.3 is 5.32 Å². The third-order valence-electron chi connectivity index (χ3n) is 2.31. The van der Waals surface area contributed by atoms with Crippen LogP contribution in [0.5, 0.6) is 0 Å². The standard InChI is InChI=1S/C12H9BrN4O/c1-17-7-9(6-15-17)12(18)16-10-3-2-8(5-14)11(13)4-10/h2-4,6-7H,1H3,(H,16,18). The SMILES string of the molecule is Cn1cc(C(=O)Nc2ccc(C#N)c(Br)c2)cn1. The first-order valence-corrected chi connectivity index (χ1v) is 5.89. The zero-order valence-corrected chi connectivity index (χ0v) is 11.1. The molecule has 0 saturated heterocycles. The molecule has 0 unspecified atom stereocenters. The summed E-state index contributed by atoms with van der Waals surface area (Å²) in [6.07, 6.45) is 3.13. The van der Waals surface area contributed by atoms with E-state index in [9.17, 15) is 4.79 Å². The lowest BCUT2D eigenvalue weighted by Crippen LogP contribution is -2.11. The number of nitriles is 1. The average molecular weight is 305 g/mol. The lowest BCUT2D eigenvalue weighted by molar-refractivity contribution is 0.102. The van der Waals surface area contributed by atoms with Crippen LogP contribution in [0.3, 0.4) is 0 Å². The van der Waals surface area contributed by atoms with Gasteiger partial charge in [0.05, 0.1) is 17.3 Å². The van der Waals surface area contributed by atoms with Crippen molar-refractivity contribution >= 4 is 27.5 Å². The molecule has 90 valence electrons. The molecule has 0 spiro atoms. The Morgan fingerprint density at radius 1 is 1.56 bits per heavy atom. The highest BCUT2D eigenvalue weighted by Crippen LogP contribution is 2.21. The van der Waals surface area contributed by atoms with E-state index in [2.05, 4.69) is 26.3 Å². The molecular weight excluding hydrogens is 296 g/mol. The van der Waals surface area contributed by atoms with E-state index in [0.717, 1.165) is 0 Å². The van der Waals surface area contributed by atoms with Gasteiger partial charge in [0.1, 0.15) is 6.07 Å². The van der Waals surface area contributed by atoms with Gasteiger partial charge >= 0.3 is 0 Å². The van der Waals surface area contributed by atoms with Crippen molar-refractivity contribution in [1.29, 1.82) is 5.26 Å². The Balaban J connectivity index is 2.17. The number of nitrogens with one attached hydrogen (secondary N) is 1. The van der Waals surface area contributed by atoms with Gasteiger partial charge in [0.25, 0.3) is 5.91 Å². The molecule has 5 nitrogen and oxygen atoms in total. The molecule has 1 amide bonds. The van der Waals surface area contributed by atoms with Gasteiger partial charge in [-0.25, -0.2) is 0 Å². The Bertz CT molecular complexity index is 642. The number of aromatic nitrogens is 2. The number of benzene rings is 1. The number of rotatable bonds is 2. The van der Waals surface area contributed by atoms with Gasteiger partial charge in [-0.2, -0.15) is 10.4 Å². The van der Waals surface area contributed by atoms with E-state index in [0.29, 0.717) is 21.3 Å². The molecule has 0 radical (unpaired) electrons. The number of carbonyl (C=O) groups is 1. The zero-order chi connectivity index (χ0) is 13.1. The lowest BCUT2D eigenvalue weighted by atomic mass is 10.2. The van der Waals surface area contributed by atoms with E-state index in [1.807, 2.05) is 6.07 Å². The van der Waals surface area contributed by atoms with Gasteiger partial charge in [0.2, 0.25) is 0 Å². The van der Waals surface area contributed by atoms with Gasteiger partial charge in [-0.1, -0.05) is 0 Å². The predicted molar refractivity (Wildman–Crippen MR) is 70.0 cm³/mol. The van der Waals surface area contributed by atoms with Crippen LogP contribution in [0, 0.1) is 11.3 Å². The lowest BCUT2D eigenvalue weighted by Gasteiger charge is -2.04. The molecule has 0 aliphatic carbocycles. The van der Waals surface area contributed by atoms with Crippen LogP contribution in [0.15, 0.2) is 35.1 Å². The Labute approximate surface area is 112 Å². The highest BCUT2D eigenvalue weighted by molar-refractivity contribution is 9.10. The second-order valence-corrected chi connectivity index (χ2v) is 4.52. The van der Waals surface area contributed by atoms with Crippen LogP contribution < -0.4 is 5.32 Å². The summed E-state index contributed by atoms with van der Waals surface area (Å²) < 4.78 is 2.21. The maximum Gasteiger partial charge on any atom is 0.258 e. The average Bonchev–Trinajstić information content (AvgIpc) is 2.76. The normalized spacial score (nSPS) is 9.83. The molecular formula is C12H9BrN4O. The first-order chi connectivity index (χ1) is 8.60. The highest BCUT2D eigenvalue weighted by Gasteiger charge is 2.09. The molecule has 2 aromatic rings. The van der Waals surface area contributed by atoms with Crippen molar-refractivity contribution < 1.29 is 4.79 Å². The van der Waals surface area contributed by atoms with Gasteiger partial charge in [0, 0.05) is 23.4 Å². The molecule has 18 heavy (non-hydrogen) atoms. The van der Waals surface area contributed by atoms with Crippen molar-refractivity contribution in [2.24, 2.45) is 7.05 Å². The Morgan fingerprint density at radius 2 is 2.33 bits per heavy atom. The maximum absolute atomic E-state index is 11.8. The van der Waals surface area contributed by atoms with E-state index < -0.39 is 0 Å². The van der Waals surface area contributed by atoms with E-state index in [-0.39, 0.29) is 5.91 Å². The maximum atomic E-state index is 11.8. The molecule has 0 aliphatic rings. The van der Waals surface area contributed by atoms with Crippen LogP contribution in [-0.4, -0.2) is 15.7 Å². The number of hydrogen-bond donors (Lipinski definition) is 1. The van der Waals surface area contributed by atoms with Crippen molar-refractivity contribution in [2.45, 2.75) is 0 Å². The molecule has 6 heteroatoms. The second-order valence-electron chi connectivity index (χ2n) is 3.66. The van der Waals surface area contributed by atoms with Crippen LogP contribution in [0.1, 0.15) is 15.9 Å². The number of nitrogens with zero attached hydrogens (tertiary/aromatic N) is 3. The third-order valence-corrected chi connectivity index (χ3v) is 2.97. The van der Waals surface area contributed by atoms with Gasteiger partial charge in [-0.3, -0.25) is 9.48 Å². The van der Waals surface area contributed by atoms with E-state index in [1.165, 1.54) is 6.20 Å². The van der Waals surface area contributed by atoms with Crippen molar-refractivity contribution in [3.8, 4) is 6.07 Å². The summed E-state index contributed by atoms with van der Waals surface area (Å²) in [5, 5.41) is 15.5. The predicted octanol–water partition coefficient (Wildman–Crippen LogP) is 2.31. The van der Waals surface area contributed by atoms with Crippen molar-refractivity contribution in [3.05, 3.63) is 46.2 Å². The second kappa shape index (κ2) is 5.02. The number of anilines is 1. The largest absolute Gasteiger partial charge is 0.322 e. The molecule has 0 bridgehead atoms. The van der Waals surface area contributed by atoms with E-state index in [4.69, 9.17) is 5.26 Å². The first kappa shape index (κ1) is 12.3. The fraction of sp³-hybridized carbons (Fsp3) is 0.0833. The van der Waals surface area contributed by atoms with Crippen LogP contribution in [0.4, 0.5) is 5.69 Å². The summed E-state index contributed by atoms with van der Waals surface area (Å²) >= 11 is 3.27. The van der Waals surface area contributed by atoms with Crippen LogP contribution in [-0.2, 0) is 7.05 Å². The molecule has 0 fully saturated rings. The fourth-order valence-corrected chi connectivity index (χ4v) is 1.89. The summed E-state index contributed by atoms with van der Waals surface area (Å²) in [6, 6.07) is 7.05. The molecule has 1 aromatic heterocycles. The summed E-state index contributed by atoms with van der Waals surface area (Å²) in [4.78, 5) is 11.8. The molecule has 0 saturated carbocycles. The monoisotopic (exact) mass is 304 g/mol. The van der Waals surface area contributed by atoms with Crippen molar-refractivity contribution in [1.82, 2.24) is 9.78 Å². The minimum Gasteiger partial charge on any atom is -0.322 e. The van der Waals surface area contributed by atoms with Gasteiger partial charge in [-0.05, 0) is 34.1 Å². The molecule has 1 heterocycles. The molecule has 2 rings (SSSR count). The number of halogens is 1. The Kier molecular flexibility index (Phi) is 3.44. The smallest absolute Gasteiger partial charge is 0.258 e. The molecule has 0 atom stereocenters. The highest BCUT2D eigenvalue weighted by atomic mass is 79.9. The number of aryl methyl sites for hydroxylation is 1. The minimum absolute atomic E-state index is 0.236. The van der Waals surface area contributed by atoms with Crippen molar-refractivity contribution in [2.75, 3.05) is 5.32 Å². The molecule has 0 aliphatic heterocycles. The number of hydrogen-bond acceptors (Lipinski definition) is 3. The van der Waals surface area contributed by atoms with Crippen LogP contribution in [0.2, 0.25) is 0 Å². The van der Waals surface area contributed by atoms with E-state index in [1.54, 1.807) is 36.1 Å². The summed E-state index contributed by atoms with van der Waals surface area (Å²) in [6.45, 7) is 0. The van der Waals surface area contributed by atoms with Crippen molar-refractivity contribution in [3.63, 3.8) is 0 Å². The summed E-state index contributed by atoms with van der Waals surface area (Å²) in [7, 11) is 1.75. The summed E-state index contributed by atoms with van der Waals surface area (Å²) in [5.41, 5.74) is 1.63. The third kappa shape index (κ3) is 2.57. The van der Waals surface area contributed by atoms with Gasteiger partial charge in [0.15, 0.2) is 0 Å². The number of amides is 1. The topological polar surface area (TPSA) is 70.7 Å². The summed E-state index contributed by atoms with van der Waals surface area (Å²) in [5.74, 6) is -0.236.